The third kappa shape index (κ3) is 22.8. The van der Waals surface area contributed by atoms with E-state index in [4.69, 9.17) is 60.4 Å². The molecule has 22 nitrogen and oxygen atoms in total. The molecule has 0 fully saturated rings. The molecular formula is C55H45BBr3Cl3F6N10O12. The van der Waals surface area contributed by atoms with Crippen LogP contribution in [0, 0.1) is 34.9 Å². The fraction of sp³-hybridized carbons (Fsp3) is 0.164. The smallest absolute Gasteiger partial charge is 0.466 e. The van der Waals surface area contributed by atoms with Crippen LogP contribution < -0.4 is 33.4 Å². The number of aliphatic hydroxyl groups excluding tert-OH is 1. The molecule has 0 bridgehead atoms. The van der Waals surface area contributed by atoms with Crippen molar-refractivity contribution in [2.75, 3.05) is 18.2 Å². The number of hydrogen-bond acceptors (Lipinski definition) is 18. The van der Waals surface area contributed by atoms with Gasteiger partial charge in [-0.1, -0.05) is 12.1 Å². The lowest BCUT2D eigenvalue weighted by atomic mass is 9.80. The second kappa shape index (κ2) is 36.6. The average Bonchev–Trinajstić information content (AvgIpc) is 2.73. The van der Waals surface area contributed by atoms with Crippen LogP contribution in [0.3, 0.4) is 0 Å². The number of hydrogen-bond donors (Lipinski definition) is 4. The molecular weight excluding hydrogens is 1460 g/mol. The third-order valence-electron chi connectivity index (χ3n) is 10.6. The number of anilines is 1. The molecule has 9 heterocycles. The number of esters is 2. The molecule has 0 atom stereocenters. The fourth-order valence-corrected chi connectivity index (χ4v) is 8.35. The molecule has 0 aliphatic heterocycles. The molecule has 0 amide bonds. The van der Waals surface area contributed by atoms with Gasteiger partial charge in [-0.15, -0.1) is 34.8 Å². The van der Waals surface area contributed by atoms with Gasteiger partial charge in [-0.3, -0.25) is 51.2 Å². The maximum atomic E-state index is 13.0. The summed E-state index contributed by atoms with van der Waals surface area (Å²) in [7, 11) is -1.59. The number of carbonyl (C=O) groups excluding carboxylic acids is 3. The number of alkyl halides is 3. The predicted molar refractivity (Wildman–Crippen MR) is 331 cm³/mol. The van der Waals surface area contributed by atoms with Crippen molar-refractivity contribution in [1.29, 1.82) is 0 Å². The largest absolute Gasteiger partial charge is 0.488 e. The van der Waals surface area contributed by atoms with Crippen LogP contribution in [-0.4, -0.2) is 95.0 Å². The van der Waals surface area contributed by atoms with Crippen LogP contribution in [0.15, 0.2) is 155 Å². The molecule has 1 aromatic carbocycles. The minimum absolute atomic E-state index is 0.112. The van der Waals surface area contributed by atoms with Crippen LogP contribution in [-0.2, 0) is 48.8 Å². The minimum atomic E-state index is -1.59. The van der Waals surface area contributed by atoms with Gasteiger partial charge in [-0.05, 0) is 133 Å². The number of aliphatic hydroxyl groups is 1. The molecule has 0 radical (unpaired) electrons. The fourth-order valence-electron chi connectivity index (χ4n) is 6.54. The normalized spacial score (nSPS) is 10.3. The average molecular weight is 1510 g/mol. The van der Waals surface area contributed by atoms with Crippen LogP contribution in [0.5, 0.6) is 0 Å². The minimum Gasteiger partial charge on any atom is -0.466 e. The zero-order valence-corrected chi connectivity index (χ0v) is 53.3. The van der Waals surface area contributed by atoms with E-state index in [1.165, 1.54) is 91.9 Å². The molecule has 0 unspecified atom stereocenters. The number of pyridine rings is 5. The van der Waals surface area contributed by atoms with Crippen molar-refractivity contribution in [2.24, 2.45) is 0 Å². The Bertz CT molecular complexity index is 4290. The quantitative estimate of drug-likeness (QED) is 0.0335. The van der Waals surface area contributed by atoms with Gasteiger partial charge in [-0.25, -0.2) is 51.3 Å². The maximum absolute atomic E-state index is 13.0. The molecule has 0 aliphatic rings. The lowest BCUT2D eigenvalue weighted by molar-refractivity contribution is -0.145. The molecule has 35 heteroatoms. The highest BCUT2D eigenvalue weighted by atomic mass is 79.9. The van der Waals surface area contributed by atoms with E-state index in [2.05, 4.69) is 77.4 Å². The van der Waals surface area contributed by atoms with E-state index in [0.717, 1.165) is 54.7 Å². The Morgan fingerprint density at radius 2 is 1.04 bits per heavy atom. The summed E-state index contributed by atoms with van der Waals surface area (Å²) in [6.45, 7) is 2.79. The van der Waals surface area contributed by atoms with Crippen molar-refractivity contribution in [1.82, 2.24) is 42.5 Å². The highest BCUT2D eigenvalue weighted by molar-refractivity contribution is 9.11. The zero-order valence-electron chi connectivity index (χ0n) is 46.2. The van der Waals surface area contributed by atoms with Crippen LogP contribution in [0.25, 0.3) is 22.6 Å². The standard InChI is InChI=1S/C11H8BrFN2O3.C9H5BrClFN2O.C9H6BrFN2O2.C9H6ClFN2O.C6H6BFO2.C6H9ClO3.C5H5FN2/c1-6(16)18-5-8-10(12)11(17)15-4-7(13)2-3-9(15)14-8;10-8-6(3-11)13-7-2-1-5(12)4-14(7)9(8)15;10-8-6(4-14)12-7-2-1-5(11)3-13(7)9(8)15;10-4-7-3-9(14)13-5-6(11)1-2-8(13)12-7;8-6-3-1-2-5(4-6)7(9)10;1-2-10-6(9)3-5(8)4-7;6-4-1-2-5(7)8-3-4/h2-4H,5H2,1H3;1-2,4H,3H2;1-3,14H,4H2;1-3,5H,4H2;1-4,9-10H;2-4H2,1H3;1-3H,(H2,7,8). The van der Waals surface area contributed by atoms with Gasteiger partial charge in [0.15, 0.2) is 5.78 Å². The predicted octanol–water partition coefficient (Wildman–Crippen LogP) is 7.71. The first kappa shape index (κ1) is 74.5. The van der Waals surface area contributed by atoms with E-state index in [1.54, 1.807) is 6.92 Å². The molecule has 0 spiro atoms. The summed E-state index contributed by atoms with van der Waals surface area (Å²) < 4.78 is 90.1. The number of Topliss-reactive ketones (excluding diaryl/α,β-unsaturated/α-hetero) is 1. The summed E-state index contributed by atoms with van der Waals surface area (Å²) in [5.74, 6) is -3.61. The van der Waals surface area contributed by atoms with E-state index < -0.39 is 59.3 Å². The molecule has 0 aliphatic carbocycles. The van der Waals surface area contributed by atoms with Gasteiger partial charge in [0.1, 0.15) is 95.4 Å². The lowest BCUT2D eigenvalue weighted by Gasteiger charge is -2.06. The Balaban J connectivity index is 0.000000227. The van der Waals surface area contributed by atoms with Crippen LogP contribution in [0.4, 0.5) is 32.2 Å². The molecule has 9 aromatic heterocycles. The van der Waals surface area contributed by atoms with Gasteiger partial charge in [-0.2, -0.15) is 0 Å². The van der Waals surface area contributed by atoms with E-state index in [1.807, 2.05) is 0 Å². The lowest BCUT2D eigenvalue weighted by Crippen LogP contribution is -2.29. The van der Waals surface area contributed by atoms with Crippen LogP contribution >= 0.6 is 82.6 Å². The Kier molecular flexibility index (Phi) is 30.3. The number of nitrogens with two attached hydrogens (primary N) is 1. The number of benzene rings is 1. The van der Waals surface area contributed by atoms with Crippen LogP contribution in [0.1, 0.15) is 43.0 Å². The first-order valence-electron chi connectivity index (χ1n) is 25.0. The topological polar surface area (TPSA) is 307 Å². The summed E-state index contributed by atoms with van der Waals surface area (Å²) in [4.78, 5) is 98.2. The summed E-state index contributed by atoms with van der Waals surface area (Å²) in [6.07, 6.45) is 5.16. The second-order valence-electron chi connectivity index (χ2n) is 17.1. The highest BCUT2D eigenvalue weighted by Gasteiger charge is 2.15. The van der Waals surface area contributed by atoms with Gasteiger partial charge in [0, 0.05) is 37.8 Å². The molecule has 5 N–H and O–H groups in total. The summed E-state index contributed by atoms with van der Waals surface area (Å²) in [5, 5.41) is 26.0. The second-order valence-corrected chi connectivity index (χ2v) is 20.3. The van der Waals surface area contributed by atoms with Crippen LogP contribution in [0.2, 0.25) is 0 Å². The van der Waals surface area contributed by atoms with Crippen molar-refractivity contribution >= 4 is 141 Å². The number of nitrogen functional groups attached to an aromatic ring is 1. The number of ketones is 1. The van der Waals surface area contributed by atoms with Gasteiger partial charge < -0.3 is 30.4 Å². The van der Waals surface area contributed by atoms with Crippen molar-refractivity contribution < 1.29 is 65.4 Å². The number of carbonyl (C=O) groups is 3. The Morgan fingerprint density at radius 1 is 0.589 bits per heavy atom. The highest BCUT2D eigenvalue weighted by Crippen LogP contribution is 2.16. The first-order valence-corrected chi connectivity index (χ1v) is 29.0. The van der Waals surface area contributed by atoms with E-state index >= 15 is 0 Å². The third-order valence-corrected chi connectivity index (χ3v) is 13.8. The number of nitrogens with zero attached hydrogens (tertiary/aromatic N) is 9. The number of ether oxygens (including phenoxy) is 2. The van der Waals surface area contributed by atoms with E-state index in [9.17, 15) is 59.9 Å². The maximum Gasteiger partial charge on any atom is 0.488 e. The number of fused-ring (bicyclic) bond motifs is 4. The molecule has 0 saturated carbocycles. The summed E-state index contributed by atoms with van der Waals surface area (Å²) in [6, 6.07) is 19.7. The molecule has 474 valence electrons. The SMILES string of the molecule is CC(=O)OCc1nc2ccc(F)cn2c(=O)c1Br.CCOC(=O)CC(=O)CCl.Nc1ccc(F)cn1.O=c1c(Br)c(CCl)nc2ccc(F)cn12.O=c1c(Br)c(CO)nc2ccc(F)cn12.O=c1cc(CCl)nc2ccc(F)cn12.OB(O)c1cccc(F)c1. The Hall–Kier alpha value is -7.95. The van der Waals surface area contributed by atoms with Gasteiger partial charge >= 0.3 is 19.1 Å². The van der Waals surface area contributed by atoms with Crippen molar-refractivity contribution in [3.8, 4) is 0 Å². The first-order chi connectivity index (χ1) is 42.6. The number of halogens is 12. The molecule has 0 saturated heterocycles. The Labute approximate surface area is 543 Å². The van der Waals surface area contributed by atoms with Crippen molar-refractivity contribution in [3.05, 3.63) is 234 Å². The van der Waals surface area contributed by atoms with Crippen molar-refractivity contribution in [2.45, 2.75) is 45.2 Å². The monoisotopic (exact) mass is 1500 g/mol. The van der Waals surface area contributed by atoms with Gasteiger partial charge in [0.2, 0.25) is 0 Å². The van der Waals surface area contributed by atoms with Gasteiger partial charge in [0.05, 0.1) is 54.1 Å². The van der Waals surface area contributed by atoms with E-state index in [-0.39, 0.29) is 90.2 Å². The Morgan fingerprint density at radius 3 is 1.44 bits per heavy atom. The molecule has 10 aromatic rings. The summed E-state index contributed by atoms with van der Waals surface area (Å²) in [5.41, 5.74) is 6.56. The number of rotatable bonds is 10. The van der Waals surface area contributed by atoms with E-state index in [0.29, 0.717) is 46.4 Å². The summed E-state index contributed by atoms with van der Waals surface area (Å²) >= 11 is 25.5. The van der Waals surface area contributed by atoms with Gasteiger partial charge in [0.25, 0.3) is 22.2 Å². The molecule has 90 heavy (non-hydrogen) atoms. The molecule has 10 rings (SSSR count). The number of aromatic nitrogens is 9. The van der Waals surface area contributed by atoms with Crippen molar-refractivity contribution in [3.63, 3.8) is 0 Å². The zero-order chi connectivity index (χ0) is 66.9.